The molecule has 0 aliphatic carbocycles. The SMILES string of the molecule is CC(C)C(C(N)=O)N(C)C(=O)CCCCCN. The third-order valence-corrected chi connectivity index (χ3v) is 2.83. The quantitative estimate of drug-likeness (QED) is 0.607. The molecule has 0 bridgehead atoms. The van der Waals surface area contributed by atoms with E-state index in [1.165, 1.54) is 4.90 Å². The summed E-state index contributed by atoms with van der Waals surface area (Å²) in [4.78, 5) is 24.6. The van der Waals surface area contributed by atoms with Crippen molar-refractivity contribution in [2.24, 2.45) is 17.4 Å². The van der Waals surface area contributed by atoms with Gasteiger partial charge in [-0.25, -0.2) is 0 Å². The highest BCUT2D eigenvalue weighted by atomic mass is 16.2. The van der Waals surface area contributed by atoms with Crippen LogP contribution in [0.2, 0.25) is 0 Å². The number of carbonyl (C=O) groups excluding carboxylic acids is 2. The van der Waals surface area contributed by atoms with Gasteiger partial charge in [-0.05, 0) is 25.3 Å². The second-order valence-corrected chi connectivity index (χ2v) is 4.70. The highest BCUT2D eigenvalue weighted by Gasteiger charge is 2.27. The molecule has 2 amide bonds. The first-order valence-electron chi connectivity index (χ1n) is 6.16. The van der Waals surface area contributed by atoms with Gasteiger partial charge in [-0.2, -0.15) is 0 Å². The van der Waals surface area contributed by atoms with E-state index >= 15 is 0 Å². The van der Waals surface area contributed by atoms with Crippen molar-refractivity contribution >= 4 is 11.8 Å². The van der Waals surface area contributed by atoms with E-state index in [4.69, 9.17) is 11.5 Å². The molecular weight excluding hydrogens is 218 g/mol. The van der Waals surface area contributed by atoms with Crippen molar-refractivity contribution in [2.75, 3.05) is 13.6 Å². The summed E-state index contributed by atoms with van der Waals surface area (Å²) < 4.78 is 0. The Morgan fingerprint density at radius 3 is 2.18 bits per heavy atom. The molecule has 0 aromatic rings. The number of nitrogens with zero attached hydrogens (tertiary/aromatic N) is 1. The van der Waals surface area contributed by atoms with Crippen LogP contribution < -0.4 is 11.5 Å². The first kappa shape index (κ1) is 15.9. The topological polar surface area (TPSA) is 89.4 Å². The van der Waals surface area contributed by atoms with Gasteiger partial charge in [-0.1, -0.05) is 20.3 Å². The minimum Gasteiger partial charge on any atom is -0.368 e. The minimum absolute atomic E-state index is 0.0282. The van der Waals surface area contributed by atoms with Crippen molar-refractivity contribution in [3.63, 3.8) is 0 Å². The average Bonchev–Trinajstić information content (AvgIpc) is 2.22. The van der Waals surface area contributed by atoms with Gasteiger partial charge in [0.25, 0.3) is 0 Å². The molecule has 0 saturated carbocycles. The Labute approximate surface area is 104 Å². The lowest BCUT2D eigenvalue weighted by molar-refractivity contribution is -0.139. The van der Waals surface area contributed by atoms with Crippen LogP contribution in [0.5, 0.6) is 0 Å². The molecule has 0 heterocycles. The molecule has 100 valence electrons. The maximum Gasteiger partial charge on any atom is 0.240 e. The van der Waals surface area contributed by atoms with Crippen molar-refractivity contribution in [2.45, 2.75) is 45.6 Å². The first-order valence-corrected chi connectivity index (χ1v) is 6.16. The van der Waals surface area contributed by atoms with Crippen LogP contribution in [0, 0.1) is 5.92 Å². The number of carbonyl (C=O) groups is 2. The standard InChI is InChI=1S/C12H25N3O2/c1-9(2)11(12(14)17)15(3)10(16)7-5-4-6-8-13/h9,11H,4-8,13H2,1-3H3,(H2,14,17). The van der Waals surface area contributed by atoms with Crippen LogP contribution >= 0.6 is 0 Å². The molecule has 5 nitrogen and oxygen atoms in total. The van der Waals surface area contributed by atoms with E-state index in [1.54, 1.807) is 7.05 Å². The van der Waals surface area contributed by atoms with Crippen LogP contribution in [0.15, 0.2) is 0 Å². The summed E-state index contributed by atoms with van der Waals surface area (Å²) in [5, 5.41) is 0. The minimum atomic E-state index is -0.517. The van der Waals surface area contributed by atoms with E-state index in [2.05, 4.69) is 0 Å². The second-order valence-electron chi connectivity index (χ2n) is 4.70. The van der Waals surface area contributed by atoms with Gasteiger partial charge < -0.3 is 16.4 Å². The highest BCUT2D eigenvalue weighted by molar-refractivity contribution is 5.86. The van der Waals surface area contributed by atoms with Crippen LogP contribution in [0.1, 0.15) is 39.5 Å². The Bertz CT molecular complexity index is 254. The van der Waals surface area contributed by atoms with E-state index in [1.807, 2.05) is 13.8 Å². The van der Waals surface area contributed by atoms with Crippen molar-refractivity contribution in [3.05, 3.63) is 0 Å². The van der Waals surface area contributed by atoms with Crippen molar-refractivity contribution in [3.8, 4) is 0 Å². The Morgan fingerprint density at radius 1 is 1.18 bits per heavy atom. The van der Waals surface area contributed by atoms with Crippen LogP contribution in [-0.4, -0.2) is 36.3 Å². The molecule has 1 unspecified atom stereocenters. The van der Waals surface area contributed by atoms with Crippen molar-refractivity contribution < 1.29 is 9.59 Å². The fraction of sp³-hybridized carbons (Fsp3) is 0.833. The summed E-state index contributed by atoms with van der Waals surface area (Å²) in [6.45, 7) is 4.42. The fourth-order valence-electron chi connectivity index (χ4n) is 1.90. The van der Waals surface area contributed by atoms with Crippen molar-refractivity contribution in [1.29, 1.82) is 0 Å². The molecule has 4 N–H and O–H groups in total. The number of hydrogen-bond donors (Lipinski definition) is 2. The summed E-state index contributed by atoms with van der Waals surface area (Å²) in [6, 6.07) is -0.517. The number of primary amides is 1. The summed E-state index contributed by atoms with van der Waals surface area (Å²) in [6.07, 6.45) is 3.14. The Hall–Kier alpha value is -1.10. The molecule has 0 aromatic heterocycles. The maximum atomic E-state index is 11.8. The Balaban J connectivity index is 4.22. The molecule has 0 radical (unpaired) electrons. The molecule has 5 heteroatoms. The van der Waals surface area contributed by atoms with Gasteiger partial charge in [0.2, 0.25) is 11.8 Å². The van der Waals surface area contributed by atoms with E-state index in [0.717, 1.165) is 19.3 Å². The van der Waals surface area contributed by atoms with Gasteiger partial charge in [-0.3, -0.25) is 9.59 Å². The third kappa shape index (κ3) is 5.68. The zero-order chi connectivity index (χ0) is 13.4. The lowest BCUT2D eigenvalue weighted by Crippen LogP contribution is -2.48. The number of rotatable bonds is 8. The number of amides is 2. The fourth-order valence-corrected chi connectivity index (χ4v) is 1.90. The number of hydrogen-bond acceptors (Lipinski definition) is 3. The number of nitrogens with two attached hydrogens (primary N) is 2. The molecule has 0 spiro atoms. The largest absolute Gasteiger partial charge is 0.368 e. The smallest absolute Gasteiger partial charge is 0.240 e. The van der Waals surface area contributed by atoms with Gasteiger partial charge in [-0.15, -0.1) is 0 Å². The molecule has 17 heavy (non-hydrogen) atoms. The Morgan fingerprint density at radius 2 is 1.76 bits per heavy atom. The van der Waals surface area contributed by atoms with Gasteiger partial charge >= 0.3 is 0 Å². The molecule has 0 fully saturated rings. The maximum absolute atomic E-state index is 11.8. The molecule has 1 atom stereocenters. The highest BCUT2D eigenvalue weighted by Crippen LogP contribution is 2.11. The average molecular weight is 243 g/mol. The molecular formula is C12H25N3O2. The zero-order valence-corrected chi connectivity index (χ0v) is 11.1. The van der Waals surface area contributed by atoms with E-state index in [9.17, 15) is 9.59 Å². The molecule has 0 aromatic carbocycles. The van der Waals surface area contributed by atoms with E-state index in [-0.39, 0.29) is 11.8 Å². The second kappa shape index (κ2) is 8.06. The number of likely N-dealkylation sites (N-methyl/N-ethyl adjacent to an activating group) is 1. The van der Waals surface area contributed by atoms with Crippen LogP contribution in [0.4, 0.5) is 0 Å². The van der Waals surface area contributed by atoms with Gasteiger partial charge in [0, 0.05) is 13.5 Å². The molecule has 0 aliphatic rings. The normalized spacial score (nSPS) is 12.5. The van der Waals surface area contributed by atoms with Crippen LogP contribution in [-0.2, 0) is 9.59 Å². The summed E-state index contributed by atoms with van der Waals surface area (Å²) in [5.41, 5.74) is 10.7. The van der Waals surface area contributed by atoms with Crippen molar-refractivity contribution in [1.82, 2.24) is 4.90 Å². The molecule has 0 rings (SSSR count). The van der Waals surface area contributed by atoms with Gasteiger partial charge in [0.15, 0.2) is 0 Å². The Kier molecular flexibility index (Phi) is 7.54. The summed E-state index contributed by atoms with van der Waals surface area (Å²) in [7, 11) is 1.64. The third-order valence-electron chi connectivity index (χ3n) is 2.83. The molecule has 0 saturated heterocycles. The van der Waals surface area contributed by atoms with E-state index < -0.39 is 11.9 Å². The monoisotopic (exact) mass is 243 g/mol. The lowest BCUT2D eigenvalue weighted by Gasteiger charge is -2.28. The number of unbranched alkanes of at least 4 members (excludes halogenated alkanes) is 2. The predicted octanol–water partition coefficient (Wildman–Crippen LogP) is 0.474. The van der Waals surface area contributed by atoms with Crippen LogP contribution in [0.25, 0.3) is 0 Å². The van der Waals surface area contributed by atoms with Gasteiger partial charge in [0.1, 0.15) is 6.04 Å². The lowest BCUT2D eigenvalue weighted by atomic mass is 10.0. The van der Waals surface area contributed by atoms with E-state index in [0.29, 0.717) is 13.0 Å². The molecule has 0 aliphatic heterocycles. The predicted molar refractivity (Wildman–Crippen MR) is 68.1 cm³/mol. The summed E-state index contributed by atoms with van der Waals surface area (Å²) in [5.74, 6) is -0.442. The first-order chi connectivity index (χ1) is 7.91. The van der Waals surface area contributed by atoms with Crippen LogP contribution in [0.3, 0.4) is 0 Å². The van der Waals surface area contributed by atoms with Gasteiger partial charge in [0.05, 0.1) is 0 Å². The summed E-state index contributed by atoms with van der Waals surface area (Å²) >= 11 is 0. The zero-order valence-electron chi connectivity index (χ0n) is 11.1.